The lowest BCUT2D eigenvalue weighted by molar-refractivity contribution is 0.103. The van der Waals surface area contributed by atoms with E-state index >= 15 is 0 Å². The summed E-state index contributed by atoms with van der Waals surface area (Å²) in [7, 11) is 0. The van der Waals surface area contributed by atoms with Gasteiger partial charge in [-0.15, -0.1) is 0 Å². The molecule has 0 saturated carbocycles. The molecule has 1 aliphatic rings. The smallest absolute Gasteiger partial charge is 0.192 e. The minimum absolute atomic E-state index is 0.0868. The average Bonchev–Trinajstić information content (AvgIpc) is 2.41. The van der Waals surface area contributed by atoms with Crippen LogP contribution in [0.5, 0.6) is 0 Å². The first-order valence-corrected chi connectivity index (χ1v) is 3.09. The van der Waals surface area contributed by atoms with Gasteiger partial charge < -0.3 is 4.42 Å². The standard InChI is InChI=1S/C8H6O2/c1-5-4-7-6(8(5)9)2-3-10-7/h2-4H,1H3. The molecule has 2 heteroatoms. The van der Waals surface area contributed by atoms with Crippen molar-refractivity contribution in [1.29, 1.82) is 0 Å². The molecule has 0 spiro atoms. The Labute approximate surface area is 58.2 Å². The second kappa shape index (κ2) is 1.59. The molecular formula is C8H6O2. The van der Waals surface area contributed by atoms with E-state index in [1.807, 2.05) is 0 Å². The lowest BCUT2D eigenvalue weighted by atomic mass is 10.2. The summed E-state index contributed by atoms with van der Waals surface area (Å²) in [4.78, 5) is 11.1. The zero-order valence-corrected chi connectivity index (χ0v) is 5.55. The van der Waals surface area contributed by atoms with Crippen LogP contribution in [-0.4, -0.2) is 5.78 Å². The average molecular weight is 134 g/mol. The number of hydrogen-bond acceptors (Lipinski definition) is 2. The Morgan fingerprint density at radius 3 is 3.00 bits per heavy atom. The highest BCUT2D eigenvalue weighted by Crippen LogP contribution is 2.24. The predicted molar refractivity (Wildman–Crippen MR) is 36.7 cm³/mol. The van der Waals surface area contributed by atoms with E-state index in [4.69, 9.17) is 4.42 Å². The summed E-state index contributed by atoms with van der Waals surface area (Å²) in [5.74, 6) is 0.784. The van der Waals surface area contributed by atoms with E-state index < -0.39 is 0 Å². The second-order valence-corrected chi connectivity index (χ2v) is 2.36. The van der Waals surface area contributed by atoms with Crippen LogP contribution >= 0.6 is 0 Å². The Bertz CT molecular complexity index is 318. The van der Waals surface area contributed by atoms with Crippen LogP contribution < -0.4 is 0 Å². The summed E-state index contributed by atoms with van der Waals surface area (Å²) in [5.41, 5.74) is 1.45. The number of allylic oxidation sites excluding steroid dienone is 1. The van der Waals surface area contributed by atoms with Crippen LogP contribution in [0.2, 0.25) is 0 Å². The van der Waals surface area contributed by atoms with Gasteiger partial charge in [0.25, 0.3) is 0 Å². The van der Waals surface area contributed by atoms with E-state index in [0.29, 0.717) is 11.3 Å². The van der Waals surface area contributed by atoms with Gasteiger partial charge in [0.15, 0.2) is 5.78 Å². The van der Waals surface area contributed by atoms with Crippen molar-refractivity contribution in [3.05, 3.63) is 29.2 Å². The SMILES string of the molecule is CC1=Cc2occc2C1=O. The van der Waals surface area contributed by atoms with Gasteiger partial charge in [0, 0.05) is 5.57 Å². The number of carbonyl (C=O) groups excluding carboxylic acids is 1. The third kappa shape index (κ3) is 0.506. The van der Waals surface area contributed by atoms with Crippen molar-refractivity contribution in [3.63, 3.8) is 0 Å². The zero-order chi connectivity index (χ0) is 7.14. The van der Waals surface area contributed by atoms with Gasteiger partial charge in [0.1, 0.15) is 5.76 Å². The first-order valence-electron chi connectivity index (χ1n) is 3.09. The van der Waals surface area contributed by atoms with E-state index in [1.54, 1.807) is 19.1 Å². The summed E-state index contributed by atoms with van der Waals surface area (Å²) < 4.78 is 5.02. The lowest BCUT2D eigenvalue weighted by Gasteiger charge is -1.84. The van der Waals surface area contributed by atoms with Gasteiger partial charge in [0.2, 0.25) is 0 Å². The van der Waals surface area contributed by atoms with Crippen LogP contribution in [0.3, 0.4) is 0 Å². The molecule has 0 bridgehead atoms. The highest BCUT2D eigenvalue weighted by Gasteiger charge is 2.20. The van der Waals surface area contributed by atoms with Gasteiger partial charge in [-0.2, -0.15) is 0 Å². The van der Waals surface area contributed by atoms with E-state index in [2.05, 4.69) is 0 Å². The third-order valence-corrected chi connectivity index (χ3v) is 1.65. The summed E-state index contributed by atoms with van der Waals surface area (Å²) in [5, 5.41) is 0. The zero-order valence-electron chi connectivity index (χ0n) is 5.55. The molecule has 0 radical (unpaired) electrons. The maximum Gasteiger partial charge on any atom is 0.192 e. The predicted octanol–water partition coefficient (Wildman–Crippen LogP) is 1.88. The quantitative estimate of drug-likeness (QED) is 0.542. The Morgan fingerprint density at radius 2 is 2.30 bits per heavy atom. The van der Waals surface area contributed by atoms with Gasteiger partial charge in [0.05, 0.1) is 11.8 Å². The molecule has 2 rings (SSSR count). The number of hydrogen-bond donors (Lipinski definition) is 0. The molecule has 0 aromatic carbocycles. The first-order chi connectivity index (χ1) is 4.79. The van der Waals surface area contributed by atoms with Crippen molar-refractivity contribution in [3.8, 4) is 0 Å². The monoisotopic (exact) mass is 134 g/mol. The number of fused-ring (bicyclic) bond motifs is 1. The van der Waals surface area contributed by atoms with Gasteiger partial charge in [-0.05, 0) is 19.1 Å². The van der Waals surface area contributed by atoms with Crippen molar-refractivity contribution in [2.45, 2.75) is 6.92 Å². The Hall–Kier alpha value is -1.31. The molecule has 0 N–H and O–H groups in total. The molecule has 1 aliphatic carbocycles. The van der Waals surface area contributed by atoms with Gasteiger partial charge >= 0.3 is 0 Å². The summed E-state index contributed by atoms with van der Waals surface area (Å²) in [6, 6.07) is 1.70. The van der Waals surface area contributed by atoms with E-state index in [1.165, 1.54) is 6.26 Å². The molecule has 0 saturated heterocycles. The number of rotatable bonds is 0. The Kier molecular flexibility index (Phi) is 0.873. The molecule has 1 aromatic rings. The van der Waals surface area contributed by atoms with Crippen LogP contribution in [0, 0.1) is 0 Å². The van der Waals surface area contributed by atoms with Gasteiger partial charge in [-0.3, -0.25) is 4.79 Å². The van der Waals surface area contributed by atoms with Crippen LogP contribution in [0.25, 0.3) is 6.08 Å². The summed E-state index contributed by atoms with van der Waals surface area (Å²) in [6.07, 6.45) is 3.29. The molecule has 1 aromatic heterocycles. The van der Waals surface area contributed by atoms with Crippen LogP contribution in [-0.2, 0) is 0 Å². The lowest BCUT2D eigenvalue weighted by Crippen LogP contribution is -1.92. The minimum atomic E-state index is 0.0868. The molecule has 0 aliphatic heterocycles. The fraction of sp³-hybridized carbons (Fsp3) is 0.125. The molecule has 0 fully saturated rings. The molecule has 0 amide bonds. The van der Waals surface area contributed by atoms with Crippen molar-refractivity contribution in [2.24, 2.45) is 0 Å². The van der Waals surface area contributed by atoms with E-state index in [-0.39, 0.29) is 5.78 Å². The molecule has 10 heavy (non-hydrogen) atoms. The Morgan fingerprint density at radius 1 is 1.50 bits per heavy atom. The van der Waals surface area contributed by atoms with E-state index in [0.717, 1.165) is 5.57 Å². The van der Waals surface area contributed by atoms with Crippen LogP contribution in [0.4, 0.5) is 0 Å². The number of ketones is 1. The fourth-order valence-electron chi connectivity index (χ4n) is 1.09. The molecule has 2 nitrogen and oxygen atoms in total. The van der Waals surface area contributed by atoms with Gasteiger partial charge in [-0.1, -0.05) is 0 Å². The number of Topliss-reactive ketones (excluding diaryl/α,β-unsaturated/α-hetero) is 1. The minimum Gasteiger partial charge on any atom is -0.464 e. The van der Waals surface area contributed by atoms with Crippen molar-refractivity contribution >= 4 is 11.9 Å². The van der Waals surface area contributed by atoms with Gasteiger partial charge in [-0.25, -0.2) is 0 Å². The van der Waals surface area contributed by atoms with Crippen LogP contribution in [0.1, 0.15) is 23.0 Å². The largest absolute Gasteiger partial charge is 0.464 e. The molecule has 0 atom stereocenters. The van der Waals surface area contributed by atoms with Crippen molar-refractivity contribution in [2.75, 3.05) is 0 Å². The molecule has 0 unspecified atom stereocenters. The molecular weight excluding hydrogens is 128 g/mol. The fourth-order valence-corrected chi connectivity index (χ4v) is 1.09. The Balaban J connectivity index is 2.68. The van der Waals surface area contributed by atoms with Crippen LogP contribution in [0.15, 0.2) is 22.3 Å². The number of carbonyl (C=O) groups is 1. The van der Waals surface area contributed by atoms with E-state index in [9.17, 15) is 4.79 Å². The first kappa shape index (κ1) is 5.47. The summed E-state index contributed by atoms with van der Waals surface area (Å²) >= 11 is 0. The van der Waals surface area contributed by atoms with Crippen molar-refractivity contribution in [1.82, 2.24) is 0 Å². The maximum absolute atomic E-state index is 11.1. The maximum atomic E-state index is 11.1. The van der Waals surface area contributed by atoms with Crippen molar-refractivity contribution < 1.29 is 9.21 Å². The second-order valence-electron chi connectivity index (χ2n) is 2.36. The molecule has 1 heterocycles. The topological polar surface area (TPSA) is 30.2 Å². The highest BCUT2D eigenvalue weighted by atomic mass is 16.3. The summed E-state index contributed by atoms with van der Waals surface area (Å²) in [6.45, 7) is 1.79. The number of furan rings is 1. The normalized spacial score (nSPS) is 15.3. The molecule has 50 valence electrons. The highest BCUT2D eigenvalue weighted by molar-refractivity contribution is 6.16. The third-order valence-electron chi connectivity index (χ3n) is 1.65.